The third-order valence-corrected chi connectivity index (χ3v) is 3.60. The topological polar surface area (TPSA) is 43.9 Å². The molecular formula is C14H27N3O2. The second-order valence-electron chi connectivity index (χ2n) is 6.28. The van der Waals surface area contributed by atoms with Gasteiger partial charge < -0.3 is 14.7 Å². The van der Waals surface area contributed by atoms with Crippen molar-refractivity contribution in [1.82, 2.24) is 14.7 Å². The molecule has 0 atom stereocenters. The van der Waals surface area contributed by atoms with Crippen LogP contribution in [0.5, 0.6) is 0 Å². The van der Waals surface area contributed by atoms with Crippen LogP contribution in [0, 0.1) is 0 Å². The molecule has 0 unspecified atom stereocenters. The molecule has 1 rings (SSSR count). The van der Waals surface area contributed by atoms with Crippen LogP contribution >= 0.6 is 0 Å². The highest BCUT2D eigenvalue weighted by atomic mass is 16.2. The SMILES string of the molecule is CC(=O)N(CCC(=O)N1CCN(C)CC1)C(C)(C)C. The van der Waals surface area contributed by atoms with Crippen LogP contribution in [0.2, 0.25) is 0 Å². The standard InChI is InChI=1S/C14H27N3O2/c1-12(18)17(14(2,3)4)7-6-13(19)16-10-8-15(5)9-11-16/h6-11H2,1-5H3. The van der Waals surface area contributed by atoms with Gasteiger partial charge in [-0.05, 0) is 27.8 Å². The average Bonchev–Trinajstić information content (AvgIpc) is 2.27. The highest BCUT2D eigenvalue weighted by Gasteiger charge is 2.25. The fraction of sp³-hybridized carbons (Fsp3) is 0.857. The fourth-order valence-corrected chi connectivity index (χ4v) is 2.39. The number of amides is 2. The molecule has 0 aliphatic carbocycles. The van der Waals surface area contributed by atoms with Gasteiger partial charge in [0.05, 0.1) is 0 Å². The predicted molar refractivity (Wildman–Crippen MR) is 75.8 cm³/mol. The van der Waals surface area contributed by atoms with Crippen molar-refractivity contribution in [3.63, 3.8) is 0 Å². The Morgan fingerprint density at radius 2 is 1.63 bits per heavy atom. The first-order chi connectivity index (χ1) is 8.71. The van der Waals surface area contributed by atoms with Crippen molar-refractivity contribution in [2.45, 2.75) is 39.7 Å². The lowest BCUT2D eigenvalue weighted by Crippen LogP contribution is -2.49. The first-order valence-corrected chi connectivity index (χ1v) is 6.96. The van der Waals surface area contributed by atoms with E-state index >= 15 is 0 Å². The molecule has 110 valence electrons. The Labute approximate surface area is 116 Å². The van der Waals surface area contributed by atoms with Gasteiger partial charge in [0.25, 0.3) is 0 Å². The summed E-state index contributed by atoms with van der Waals surface area (Å²) in [7, 11) is 2.07. The van der Waals surface area contributed by atoms with Gasteiger partial charge in [-0.1, -0.05) is 0 Å². The molecule has 1 heterocycles. The zero-order valence-electron chi connectivity index (χ0n) is 12.9. The molecule has 5 heteroatoms. The van der Waals surface area contributed by atoms with Gasteiger partial charge in [-0.2, -0.15) is 0 Å². The van der Waals surface area contributed by atoms with Crippen LogP contribution in [0.4, 0.5) is 0 Å². The minimum absolute atomic E-state index is 0.0266. The largest absolute Gasteiger partial charge is 0.340 e. The van der Waals surface area contributed by atoms with Crippen molar-refractivity contribution in [2.75, 3.05) is 39.8 Å². The summed E-state index contributed by atoms with van der Waals surface area (Å²) in [6.45, 7) is 11.5. The number of piperazine rings is 1. The Morgan fingerprint density at radius 1 is 1.11 bits per heavy atom. The number of rotatable bonds is 3. The van der Waals surface area contributed by atoms with Gasteiger partial charge in [0, 0.05) is 51.6 Å². The normalized spacial score (nSPS) is 17.4. The number of carbonyl (C=O) groups excluding carboxylic acids is 2. The lowest BCUT2D eigenvalue weighted by Gasteiger charge is -2.36. The summed E-state index contributed by atoms with van der Waals surface area (Å²) in [4.78, 5) is 29.6. The van der Waals surface area contributed by atoms with E-state index in [1.807, 2.05) is 25.7 Å². The summed E-state index contributed by atoms with van der Waals surface area (Å²) in [5.41, 5.74) is -0.228. The van der Waals surface area contributed by atoms with E-state index in [2.05, 4.69) is 11.9 Å². The molecule has 5 nitrogen and oxygen atoms in total. The van der Waals surface area contributed by atoms with E-state index in [9.17, 15) is 9.59 Å². The molecule has 1 aliphatic heterocycles. The molecule has 0 radical (unpaired) electrons. The van der Waals surface area contributed by atoms with Crippen molar-refractivity contribution >= 4 is 11.8 Å². The van der Waals surface area contributed by atoms with Crippen LogP contribution in [0.25, 0.3) is 0 Å². The molecule has 0 aromatic carbocycles. The van der Waals surface area contributed by atoms with Crippen LogP contribution in [-0.2, 0) is 9.59 Å². The maximum atomic E-state index is 12.1. The third-order valence-electron chi connectivity index (χ3n) is 3.60. The van der Waals surface area contributed by atoms with E-state index < -0.39 is 0 Å². The Hall–Kier alpha value is -1.10. The molecule has 0 aromatic heterocycles. The van der Waals surface area contributed by atoms with Gasteiger partial charge in [-0.15, -0.1) is 0 Å². The number of nitrogens with zero attached hydrogens (tertiary/aromatic N) is 3. The quantitative estimate of drug-likeness (QED) is 0.761. The molecule has 19 heavy (non-hydrogen) atoms. The van der Waals surface area contributed by atoms with Crippen molar-refractivity contribution < 1.29 is 9.59 Å². The van der Waals surface area contributed by atoms with Crippen LogP contribution in [0.3, 0.4) is 0 Å². The minimum atomic E-state index is -0.228. The Balaban J connectivity index is 2.46. The second-order valence-corrected chi connectivity index (χ2v) is 6.28. The van der Waals surface area contributed by atoms with Crippen molar-refractivity contribution in [3.8, 4) is 0 Å². The molecule has 2 amide bonds. The lowest BCUT2D eigenvalue weighted by molar-refractivity contribution is -0.137. The van der Waals surface area contributed by atoms with Gasteiger partial charge in [0.15, 0.2) is 0 Å². The monoisotopic (exact) mass is 269 g/mol. The van der Waals surface area contributed by atoms with Crippen molar-refractivity contribution in [3.05, 3.63) is 0 Å². The molecule has 0 aromatic rings. The van der Waals surface area contributed by atoms with E-state index in [-0.39, 0.29) is 17.4 Å². The van der Waals surface area contributed by atoms with E-state index in [1.54, 1.807) is 11.8 Å². The number of likely N-dealkylation sites (N-methyl/N-ethyl adjacent to an activating group) is 1. The third kappa shape index (κ3) is 4.82. The van der Waals surface area contributed by atoms with Crippen LogP contribution < -0.4 is 0 Å². The van der Waals surface area contributed by atoms with Gasteiger partial charge in [-0.3, -0.25) is 9.59 Å². The van der Waals surface area contributed by atoms with Crippen LogP contribution in [-0.4, -0.2) is 71.8 Å². The maximum Gasteiger partial charge on any atom is 0.224 e. The van der Waals surface area contributed by atoms with Crippen LogP contribution in [0.1, 0.15) is 34.1 Å². The highest BCUT2D eigenvalue weighted by molar-refractivity contribution is 5.78. The zero-order chi connectivity index (χ0) is 14.6. The molecule has 1 fully saturated rings. The molecule has 1 aliphatic rings. The summed E-state index contributed by atoms with van der Waals surface area (Å²) >= 11 is 0. The molecule has 0 N–H and O–H groups in total. The van der Waals surface area contributed by atoms with Gasteiger partial charge >= 0.3 is 0 Å². The van der Waals surface area contributed by atoms with E-state index in [1.165, 1.54) is 0 Å². The van der Waals surface area contributed by atoms with Gasteiger partial charge in [0.1, 0.15) is 0 Å². The minimum Gasteiger partial charge on any atom is -0.340 e. The molecule has 1 saturated heterocycles. The highest BCUT2D eigenvalue weighted by Crippen LogP contribution is 2.14. The second kappa shape index (κ2) is 6.37. The van der Waals surface area contributed by atoms with E-state index in [4.69, 9.17) is 0 Å². The molecule has 0 saturated carbocycles. The smallest absolute Gasteiger partial charge is 0.224 e. The van der Waals surface area contributed by atoms with Gasteiger partial charge in [0.2, 0.25) is 11.8 Å². The fourth-order valence-electron chi connectivity index (χ4n) is 2.39. The Morgan fingerprint density at radius 3 is 2.05 bits per heavy atom. The predicted octanol–water partition coefficient (Wildman–Crippen LogP) is 0.798. The zero-order valence-corrected chi connectivity index (χ0v) is 12.9. The number of hydrogen-bond donors (Lipinski definition) is 0. The summed E-state index contributed by atoms with van der Waals surface area (Å²) in [5, 5.41) is 0. The van der Waals surface area contributed by atoms with Crippen LogP contribution in [0.15, 0.2) is 0 Å². The summed E-state index contributed by atoms with van der Waals surface area (Å²) in [5.74, 6) is 0.183. The summed E-state index contributed by atoms with van der Waals surface area (Å²) in [6, 6.07) is 0. The average molecular weight is 269 g/mol. The van der Waals surface area contributed by atoms with E-state index in [0.717, 1.165) is 26.2 Å². The molecular weight excluding hydrogens is 242 g/mol. The summed E-state index contributed by atoms with van der Waals surface area (Å²) < 4.78 is 0. The Bertz CT molecular complexity index is 328. The maximum absolute atomic E-state index is 12.1. The number of carbonyl (C=O) groups is 2. The van der Waals surface area contributed by atoms with Crippen molar-refractivity contribution in [1.29, 1.82) is 0 Å². The van der Waals surface area contributed by atoms with Gasteiger partial charge in [-0.25, -0.2) is 0 Å². The lowest BCUT2D eigenvalue weighted by atomic mass is 10.1. The molecule has 0 spiro atoms. The number of hydrogen-bond acceptors (Lipinski definition) is 3. The van der Waals surface area contributed by atoms with Crippen molar-refractivity contribution in [2.24, 2.45) is 0 Å². The Kier molecular flexibility index (Phi) is 5.35. The first-order valence-electron chi connectivity index (χ1n) is 6.96. The van der Waals surface area contributed by atoms with E-state index in [0.29, 0.717) is 13.0 Å². The molecule has 0 bridgehead atoms. The first kappa shape index (κ1) is 16.0. The summed E-state index contributed by atoms with van der Waals surface area (Å²) in [6.07, 6.45) is 0.417.